The van der Waals surface area contributed by atoms with Crippen molar-refractivity contribution < 1.29 is 19.0 Å². The van der Waals surface area contributed by atoms with Gasteiger partial charge in [-0.3, -0.25) is 9.79 Å². The van der Waals surface area contributed by atoms with E-state index >= 15 is 0 Å². The third kappa shape index (κ3) is 4.93. The van der Waals surface area contributed by atoms with Crippen LogP contribution in [0.1, 0.15) is 25.3 Å². The molecule has 0 radical (unpaired) electrons. The summed E-state index contributed by atoms with van der Waals surface area (Å²) in [6.45, 7) is 4.81. The quantitative estimate of drug-likeness (QED) is 0.312. The molecule has 0 bridgehead atoms. The van der Waals surface area contributed by atoms with Gasteiger partial charge in [-0.2, -0.15) is 0 Å². The molecule has 2 aliphatic heterocycles. The Hall–Kier alpha value is -1.71. The van der Waals surface area contributed by atoms with Crippen molar-refractivity contribution in [3.8, 4) is 11.5 Å². The zero-order valence-corrected chi connectivity index (χ0v) is 17.5. The number of aliphatic imine (C=N–C) groups is 1. The van der Waals surface area contributed by atoms with Crippen molar-refractivity contribution in [2.24, 2.45) is 10.9 Å². The van der Waals surface area contributed by atoms with E-state index in [2.05, 4.69) is 15.2 Å². The van der Waals surface area contributed by atoms with Crippen molar-refractivity contribution in [1.29, 1.82) is 0 Å². The predicted molar refractivity (Wildman–Crippen MR) is 109 cm³/mol. The van der Waals surface area contributed by atoms with Crippen LogP contribution in [0.2, 0.25) is 0 Å². The second-order valence-corrected chi connectivity index (χ2v) is 6.10. The van der Waals surface area contributed by atoms with Crippen molar-refractivity contribution in [3.05, 3.63) is 23.8 Å². The lowest BCUT2D eigenvalue weighted by Gasteiger charge is -2.33. The van der Waals surface area contributed by atoms with Gasteiger partial charge in [0.05, 0.1) is 12.5 Å². The third-order valence-electron chi connectivity index (χ3n) is 4.51. The van der Waals surface area contributed by atoms with Gasteiger partial charge in [-0.05, 0) is 37.5 Å². The first-order chi connectivity index (χ1) is 12.2. The van der Waals surface area contributed by atoms with Crippen molar-refractivity contribution in [3.63, 3.8) is 0 Å². The summed E-state index contributed by atoms with van der Waals surface area (Å²) in [5.41, 5.74) is 1.10. The second-order valence-electron chi connectivity index (χ2n) is 6.10. The maximum absolute atomic E-state index is 11.8. The number of nitrogens with zero attached hydrogens (tertiary/aromatic N) is 2. The van der Waals surface area contributed by atoms with Gasteiger partial charge in [0.1, 0.15) is 0 Å². The maximum Gasteiger partial charge on any atom is 0.309 e. The van der Waals surface area contributed by atoms with Gasteiger partial charge in [-0.25, -0.2) is 0 Å². The number of hydrogen-bond acceptors (Lipinski definition) is 5. The first-order valence-electron chi connectivity index (χ1n) is 8.72. The Kier molecular flexibility index (Phi) is 7.80. The lowest BCUT2D eigenvalue weighted by molar-refractivity contribution is -0.149. The number of likely N-dealkylation sites (tertiary alicyclic amines) is 1. The SMILES string of the molecule is CCOC(=O)C1CCN(C(=NC)NCc2ccc3c(c2)OCO3)CC1.I. The standard InChI is InChI=1S/C18H25N3O4.HI/c1-3-23-17(22)14-6-8-21(9-7-14)18(19-2)20-11-13-4-5-15-16(10-13)25-12-24-15;/h4-5,10,14H,3,6-9,11-12H2,1-2H3,(H,19,20);1H. The second kappa shape index (κ2) is 9.84. The molecule has 0 aliphatic carbocycles. The zero-order chi connectivity index (χ0) is 17.6. The summed E-state index contributed by atoms with van der Waals surface area (Å²) in [5.74, 6) is 2.34. The summed E-state index contributed by atoms with van der Waals surface area (Å²) in [7, 11) is 1.78. The fourth-order valence-electron chi connectivity index (χ4n) is 3.15. The number of carbonyl (C=O) groups excluding carboxylic acids is 1. The number of esters is 1. The highest BCUT2D eigenvalue weighted by Gasteiger charge is 2.27. The van der Waals surface area contributed by atoms with E-state index in [1.165, 1.54) is 0 Å². The van der Waals surface area contributed by atoms with E-state index < -0.39 is 0 Å². The highest BCUT2D eigenvalue weighted by molar-refractivity contribution is 14.0. The Morgan fingerprint density at radius 3 is 2.73 bits per heavy atom. The van der Waals surface area contributed by atoms with Crippen LogP contribution in [0, 0.1) is 5.92 Å². The Morgan fingerprint density at radius 2 is 2.04 bits per heavy atom. The molecule has 1 aromatic rings. The van der Waals surface area contributed by atoms with Crippen molar-refractivity contribution in [2.75, 3.05) is 33.5 Å². The Balaban J connectivity index is 0.00000243. The molecule has 0 aromatic heterocycles. The summed E-state index contributed by atoms with van der Waals surface area (Å²) in [6.07, 6.45) is 1.59. The smallest absolute Gasteiger partial charge is 0.309 e. The number of fused-ring (bicyclic) bond motifs is 1. The lowest BCUT2D eigenvalue weighted by Crippen LogP contribution is -2.46. The molecule has 144 valence electrons. The molecule has 0 unspecified atom stereocenters. The average Bonchev–Trinajstić information content (AvgIpc) is 3.11. The number of guanidine groups is 1. The highest BCUT2D eigenvalue weighted by atomic mass is 127. The minimum absolute atomic E-state index is 0. The van der Waals surface area contributed by atoms with E-state index in [1.54, 1.807) is 7.05 Å². The summed E-state index contributed by atoms with van der Waals surface area (Å²) < 4.78 is 15.9. The Labute approximate surface area is 171 Å². The fraction of sp³-hybridized carbons (Fsp3) is 0.556. The molecular weight excluding hydrogens is 449 g/mol. The molecule has 1 saturated heterocycles. The number of rotatable bonds is 4. The van der Waals surface area contributed by atoms with Crippen LogP contribution in [0.15, 0.2) is 23.2 Å². The van der Waals surface area contributed by atoms with Crippen LogP contribution in [0.3, 0.4) is 0 Å². The van der Waals surface area contributed by atoms with Gasteiger partial charge >= 0.3 is 5.97 Å². The lowest BCUT2D eigenvalue weighted by atomic mass is 9.97. The molecule has 3 rings (SSSR count). The van der Waals surface area contributed by atoms with Crippen molar-refractivity contribution in [1.82, 2.24) is 10.2 Å². The molecule has 0 amide bonds. The van der Waals surface area contributed by atoms with Crippen molar-refractivity contribution in [2.45, 2.75) is 26.3 Å². The molecule has 0 spiro atoms. The molecule has 1 N–H and O–H groups in total. The minimum atomic E-state index is -0.0783. The van der Waals surface area contributed by atoms with Gasteiger partial charge < -0.3 is 24.4 Å². The fourth-order valence-corrected chi connectivity index (χ4v) is 3.15. The first kappa shape index (κ1) is 20.6. The van der Waals surface area contributed by atoms with E-state index in [9.17, 15) is 4.79 Å². The summed E-state index contributed by atoms with van der Waals surface area (Å²) >= 11 is 0. The largest absolute Gasteiger partial charge is 0.466 e. The molecular formula is C18H26IN3O4. The number of hydrogen-bond donors (Lipinski definition) is 1. The van der Waals surface area contributed by atoms with Crippen LogP contribution >= 0.6 is 24.0 Å². The Morgan fingerprint density at radius 1 is 1.31 bits per heavy atom. The van der Waals surface area contributed by atoms with Gasteiger partial charge in [0.15, 0.2) is 17.5 Å². The maximum atomic E-state index is 11.8. The molecule has 0 atom stereocenters. The van der Waals surface area contributed by atoms with Crippen LogP contribution in [-0.2, 0) is 16.1 Å². The molecule has 1 aromatic carbocycles. The van der Waals surface area contributed by atoms with Gasteiger partial charge in [0.2, 0.25) is 6.79 Å². The topological polar surface area (TPSA) is 72.4 Å². The van der Waals surface area contributed by atoms with Crippen LogP contribution in [0.5, 0.6) is 11.5 Å². The molecule has 7 nitrogen and oxygen atoms in total. The number of carbonyl (C=O) groups is 1. The normalized spacial score (nSPS) is 16.8. The number of piperidine rings is 1. The molecule has 0 saturated carbocycles. The Bertz CT molecular complexity index is 645. The van der Waals surface area contributed by atoms with E-state index in [1.807, 2.05) is 25.1 Å². The van der Waals surface area contributed by atoms with E-state index in [-0.39, 0.29) is 42.7 Å². The zero-order valence-electron chi connectivity index (χ0n) is 15.2. The summed E-state index contributed by atoms with van der Waals surface area (Å²) in [4.78, 5) is 18.4. The van der Waals surface area contributed by atoms with Gasteiger partial charge in [-0.15, -0.1) is 24.0 Å². The molecule has 26 heavy (non-hydrogen) atoms. The molecule has 2 heterocycles. The van der Waals surface area contributed by atoms with Crippen LogP contribution in [0.4, 0.5) is 0 Å². The molecule has 2 aliphatic rings. The minimum Gasteiger partial charge on any atom is -0.466 e. The third-order valence-corrected chi connectivity index (χ3v) is 4.51. The number of benzene rings is 1. The number of ether oxygens (including phenoxy) is 3. The van der Waals surface area contributed by atoms with Crippen LogP contribution in [-0.4, -0.2) is 50.4 Å². The van der Waals surface area contributed by atoms with E-state index in [4.69, 9.17) is 14.2 Å². The summed E-state index contributed by atoms with van der Waals surface area (Å²) in [5, 5.41) is 3.38. The van der Waals surface area contributed by atoms with Crippen LogP contribution < -0.4 is 14.8 Å². The van der Waals surface area contributed by atoms with Crippen molar-refractivity contribution >= 4 is 35.9 Å². The summed E-state index contributed by atoms with van der Waals surface area (Å²) in [6, 6.07) is 5.92. The molecule has 1 fully saturated rings. The first-order valence-corrected chi connectivity index (χ1v) is 8.72. The predicted octanol–water partition coefficient (Wildman–Crippen LogP) is 2.38. The average molecular weight is 475 g/mol. The van der Waals surface area contributed by atoms with E-state index in [0.29, 0.717) is 13.2 Å². The number of halogens is 1. The monoisotopic (exact) mass is 475 g/mol. The van der Waals surface area contributed by atoms with E-state index in [0.717, 1.165) is 49.0 Å². The van der Waals surface area contributed by atoms with Crippen LogP contribution in [0.25, 0.3) is 0 Å². The van der Waals surface area contributed by atoms with Gasteiger partial charge in [0.25, 0.3) is 0 Å². The number of nitrogens with one attached hydrogen (secondary N) is 1. The molecule has 8 heteroatoms. The van der Waals surface area contributed by atoms with Gasteiger partial charge in [0, 0.05) is 26.7 Å². The highest BCUT2D eigenvalue weighted by Crippen LogP contribution is 2.32. The van der Waals surface area contributed by atoms with Gasteiger partial charge in [-0.1, -0.05) is 6.07 Å².